The first-order valence-electron chi connectivity index (χ1n) is 5.24. The SMILES string of the molecule is C[C@H](O)c1nc(-c2coc3ccccc23)no1. The Morgan fingerprint density at radius 2 is 2.12 bits per heavy atom. The van der Waals surface area contributed by atoms with E-state index in [1.54, 1.807) is 13.2 Å². The number of fused-ring (bicyclic) bond motifs is 1. The van der Waals surface area contributed by atoms with Gasteiger partial charge >= 0.3 is 0 Å². The lowest BCUT2D eigenvalue weighted by Gasteiger charge is -1.92. The Hall–Kier alpha value is -2.14. The molecule has 1 atom stereocenters. The summed E-state index contributed by atoms with van der Waals surface area (Å²) in [6.45, 7) is 1.57. The number of hydrogen-bond donors (Lipinski definition) is 1. The van der Waals surface area contributed by atoms with Gasteiger partial charge in [0.15, 0.2) is 0 Å². The number of para-hydroxylation sites is 1. The van der Waals surface area contributed by atoms with Crippen molar-refractivity contribution in [2.24, 2.45) is 0 Å². The van der Waals surface area contributed by atoms with Gasteiger partial charge in [0.1, 0.15) is 18.0 Å². The van der Waals surface area contributed by atoms with E-state index < -0.39 is 6.10 Å². The number of aromatic nitrogens is 2. The molecule has 0 radical (unpaired) electrons. The van der Waals surface area contributed by atoms with Crippen molar-refractivity contribution in [3.63, 3.8) is 0 Å². The molecule has 0 aliphatic rings. The highest BCUT2D eigenvalue weighted by molar-refractivity contribution is 5.91. The summed E-state index contributed by atoms with van der Waals surface area (Å²) in [7, 11) is 0. The molecule has 1 N–H and O–H groups in total. The largest absolute Gasteiger partial charge is 0.464 e. The van der Waals surface area contributed by atoms with E-state index in [2.05, 4.69) is 10.1 Å². The standard InChI is InChI=1S/C12H10N2O3/c1-7(15)12-13-11(14-17-12)9-6-16-10-5-3-2-4-8(9)10/h2-7,15H,1H3/t7-/m0/s1. The molecule has 0 saturated carbocycles. The van der Waals surface area contributed by atoms with Crippen LogP contribution in [0.3, 0.4) is 0 Å². The van der Waals surface area contributed by atoms with E-state index in [1.165, 1.54) is 0 Å². The number of benzene rings is 1. The van der Waals surface area contributed by atoms with Gasteiger partial charge in [-0.3, -0.25) is 0 Å². The summed E-state index contributed by atoms with van der Waals surface area (Å²) in [5, 5.41) is 14.1. The second-order valence-electron chi connectivity index (χ2n) is 3.78. The summed E-state index contributed by atoms with van der Waals surface area (Å²) >= 11 is 0. The van der Waals surface area contributed by atoms with Gasteiger partial charge in [0.25, 0.3) is 5.89 Å². The highest BCUT2D eigenvalue weighted by atomic mass is 16.5. The average Bonchev–Trinajstić information content (AvgIpc) is 2.95. The molecule has 0 aliphatic heterocycles. The summed E-state index contributed by atoms with van der Waals surface area (Å²) in [5.41, 5.74) is 1.53. The van der Waals surface area contributed by atoms with Gasteiger partial charge in [0.2, 0.25) is 5.82 Å². The van der Waals surface area contributed by atoms with Crippen LogP contribution in [0.1, 0.15) is 18.9 Å². The molecular formula is C12H10N2O3. The monoisotopic (exact) mass is 230 g/mol. The predicted molar refractivity (Wildman–Crippen MR) is 60.1 cm³/mol. The fraction of sp³-hybridized carbons (Fsp3) is 0.167. The van der Waals surface area contributed by atoms with E-state index in [9.17, 15) is 5.11 Å². The fourth-order valence-electron chi connectivity index (χ4n) is 1.67. The molecular weight excluding hydrogens is 220 g/mol. The zero-order valence-corrected chi connectivity index (χ0v) is 9.12. The van der Waals surface area contributed by atoms with Crippen LogP contribution in [-0.2, 0) is 0 Å². The van der Waals surface area contributed by atoms with E-state index >= 15 is 0 Å². The first kappa shape index (κ1) is 10.0. The molecule has 0 saturated heterocycles. The van der Waals surface area contributed by atoms with Gasteiger partial charge in [-0.15, -0.1) is 0 Å². The quantitative estimate of drug-likeness (QED) is 0.732. The van der Waals surface area contributed by atoms with Gasteiger partial charge < -0.3 is 14.0 Å². The van der Waals surface area contributed by atoms with Crippen LogP contribution in [0.4, 0.5) is 0 Å². The zero-order valence-electron chi connectivity index (χ0n) is 9.12. The zero-order chi connectivity index (χ0) is 11.8. The van der Waals surface area contributed by atoms with Crippen LogP contribution >= 0.6 is 0 Å². The van der Waals surface area contributed by atoms with Crippen LogP contribution < -0.4 is 0 Å². The highest BCUT2D eigenvalue weighted by Crippen LogP contribution is 2.28. The summed E-state index contributed by atoms with van der Waals surface area (Å²) < 4.78 is 10.3. The summed E-state index contributed by atoms with van der Waals surface area (Å²) in [6.07, 6.45) is 0.816. The lowest BCUT2D eigenvalue weighted by molar-refractivity contribution is 0.152. The van der Waals surface area contributed by atoms with Crippen molar-refractivity contribution in [1.29, 1.82) is 0 Å². The number of furan rings is 1. The van der Waals surface area contributed by atoms with Gasteiger partial charge in [0.05, 0.1) is 5.56 Å². The molecule has 0 unspecified atom stereocenters. The first-order chi connectivity index (χ1) is 8.25. The van der Waals surface area contributed by atoms with Gasteiger partial charge in [-0.1, -0.05) is 23.4 Å². The van der Waals surface area contributed by atoms with Crippen molar-refractivity contribution in [2.75, 3.05) is 0 Å². The lowest BCUT2D eigenvalue weighted by atomic mass is 10.2. The molecule has 0 spiro atoms. The van der Waals surface area contributed by atoms with Crippen LogP contribution in [0.15, 0.2) is 39.5 Å². The van der Waals surface area contributed by atoms with Crippen molar-refractivity contribution in [3.8, 4) is 11.4 Å². The number of hydrogen-bond acceptors (Lipinski definition) is 5. The topological polar surface area (TPSA) is 72.3 Å². The normalized spacial score (nSPS) is 13.1. The number of rotatable bonds is 2. The molecule has 5 nitrogen and oxygen atoms in total. The maximum atomic E-state index is 9.33. The molecule has 0 fully saturated rings. The average molecular weight is 230 g/mol. The number of aliphatic hydroxyl groups is 1. The van der Waals surface area contributed by atoms with E-state index in [1.807, 2.05) is 24.3 Å². The smallest absolute Gasteiger partial charge is 0.255 e. The molecule has 3 rings (SSSR count). The van der Waals surface area contributed by atoms with Crippen molar-refractivity contribution in [3.05, 3.63) is 36.4 Å². The van der Waals surface area contributed by atoms with Gasteiger partial charge in [0, 0.05) is 5.39 Å². The second kappa shape index (κ2) is 3.71. The van der Waals surface area contributed by atoms with Crippen LogP contribution in [-0.4, -0.2) is 15.2 Å². The number of nitrogens with zero attached hydrogens (tertiary/aromatic N) is 2. The minimum Gasteiger partial charge on any atom is -0.464 e. The molecule has 1 aromatic carbocycles. The van der Waals surface area contributed by atoms with Crippen LogP contribution in [0.5, 0.6) is 0 Å². The Balaban J connectivity index is 2.14. The molecule has 2 heterocycles. The maximum Gasteiger partial charge on any atom is 0.255 e. The molecule has 0 amide bonds. The van der Waals surface area contributed by atoms with Gasteiger partial charge in [-0.25, -0.2) is 0 Å². The summed E-state index contributed by atoms with van der Waals surface area (Å²) in [5.74, 6) is 0.621. The first-order valence-corrected chi connectivity index (χ1v) is 5.24. The van der Waals surface area contributed by atoms with Crippen LogP contribution in [0.25, 0.3) is 22.4 Å². The summed E-state index contributed by atoms with van der Waals surface area (Å²) in [6, 6.07) is 7.60. The third kappa shape index (κ3) is 1.60. The Bertz CT molecular complexity index is 654. The van der Waals surface area contributed by atoms with Crippen molar-refractivity contribution in [1.82, 2.24) is 10.1 Å². The molecule has 3 aromatic rings. The van der Waals surface area contributed by atoms with E-state index in [4.69, 9.17) is 8.94 Å². The van der Waals surface area contributed by atoms with E-state index in [0.717, 1.165) is 16.5 Å². The van der Waals surface area contributed by atoms with Gasteiger partial charge in [-0.05, 0) is 13.0 Å². The van der Waals surface area contributed by atoms with E-state index in [-0.39, 0.29) is 5.89 Å². The van der Waals surface area contributed by atoms with Crippen molar-refractivity contribution < 1.29 is 14.0 Å². The Morgan fingerprint density at radius 1 is 1.29 bits per heavy atom. The minimum absolute atomic E-state index is 0.199. The molecule has 0 bridgehead atoms. The third-order valence-electron chi connectivity index (χ3n) is 2.52. The molecule has 86 valence electrons. The molecule has 0 aliphatic carbocycles. The van der Waals surface area contributed by atoms with Crippen molar-refractivity contribution in [2.45, 2.75) is 13.0 Å². The predicted octanol–water partition coefficient (Wildman–Crippen LogP) is 2.54. The third-order valence-corrected chi connectivity index (χ3v) is 2.52. The number of aliphatic hydroxyl groups excluding tert-OH is 1. The van der Waals surface area contributed by atoms with E-state index in [0.29, 0.717) is 5.82 Å². The maximum absolute atomic E-state index is 9.33. The van der Waals surface area contributed by atoms with Crippen LogP contribution in [0.2, 0.25) is 0 Å². The molecule has 5 heteroatoms. The fourth-order valence-corrected chi connectivity index (χ4v) is 1.67. The lowest BCUT2D eigenvalue weighted by Crippen LogP contribution is -1.90. The van der Waals surface area contributed by atoms with Gasteiger partial charge in [-0.2, -0.15) is 4.98 Å². The summed E-state index contributed by atoms with van der Waals surface area (Å²) in [4.78, 5) is 4.11. The minimum atomic E-state index is -0.769. The second-order valence-corrected chi connectivity index (χ2v) is 3.78. The highest BCUT2D eigenvalue weighted by Gasteiger charge is 2.16. The Kier molecular flexibility index (Phi) is 2.19. The Morgan fingerprint density at radius 3 is 2.88 bits per heavy atom. The molecule has 2 aromatic heterocycles. The Labute approximate surface area is 96.7 Å². The van der Waals surface area contributed by atoms with Crippen molar-refractivity contribution >= 4 is 11.0 Å². The van der Waals surface area contributed by atoms with Crippen LogP contribution in [0, 0.1) is 0 Å². The molecule has 17 heavy (non-hydrogen) atoms.